The maximum atomic E-state index is 14.0. The van der Waals surface area contributed by atoms with E-state index in [0.29, 0.717) is 24.0 Å². The summed E-state index contributed by atoms with van der Waals surface area (Å²) < 4.78 is 34.7. The molecule has 0 spiro atoms. The molecule has 10 heteroatoms. The minimum atomic E-state index is -4.12. The van der Waals surface area contributed by atoms with Gasteiger partial charge >= 0.3 is 5.97 Å². The first-order valence-electron chi connectivity index (χ1n) is 12.4. The molecule has 1 heterocycles. The van der Waals surface area contributed by atoms with Crippen LogP contribution in [0.2, 0.25) is 0 Å². The third-order valence-electron chi connectivity index (χ3n) is 6.94. The fraction of sp³-hybridized carbons (Fsp3) is 0.321. The number of fused-ring (bicyclic) bond motifs is 1. The summed E-state index contributed by atoms with van der Waals surface area (Å²) in [6, 6.07) is 16.7. The molecule has 38 heavy (non-hydrogen) atoms. The average molecular weight is 537 g/mol. The zero-order chi connectivity index (χ0) is 27.4. The van der Waals surface area contributed by atoms with Gasteiger partial charge in [-0.3, -0.25) is 10.2 Å². The molecule has 4 N–H and O–H groups in total. The van der Waals surface area contributed by atoms with E-state index in [4.69, 9.17) is 15.9 Å². The van der Waals surface area contributed by atoms with Crippen molar-refractivity contribution < 1.29 is 22.7 Å². The van der Waals surface area contributed by atoms with Crippen molar-refractivity contribution in [2.75, 3.05) is 7.11 Å². The standard InChI is InChI=1S/C28H32N4O5S/c1-18-7-5-12-25(28(34)37-2)32(18)27(33)24(16-19-8-6-11-22(15-19)26(29)30)31-38(35,36)23-14-13-20-9-3-4-10-21(20)17-23/h3-4,6,8-11,13-15,17-18,24-25,31H,5,7,12,16H2,1-2H3,(H3,29,30). The fourth-order valence-corrected chi connectivity index (χ4v) is 6.21. The molecule has 9 nitrogen and oxygen atoms in total. The van der Waals surface area contributed by atoms with Crippen molar-refractivity contribution in [3.63, 3.8) is 0 Å². The summed E-state index contributed by atoms with van der Waals surface area (Å²) in [5, 5.41) is 9.39. The minimum Gasteiger partial charge on any atom is -0.467 e. The van der Waals surface area contributed by atoms with Crippen molar-refractivity contribution in [1.29, 1.82) is 5.41 Å². The summed E-state index contributed by atoms with van der Waals surface area (Å²) in [6.07, 6.45) is 1.87. The molecule has 1 saturated heterocycles. The molecule has 0 saturated carbocycles. The Bertz CT molecular complexity index is 1470. The van der Waals surface area contributed by atoms with Crippen LogP contribution in [-0.4, -0.2) is 56.3 Å². The summed E-state index contributed by atoms with van der Waals surface area (Å²) in [4.78, 5) is 28.1. The van der Waals surface area contributed by atoms with Gasteiger partial charge in [-0.25, -0.2) is 13.2 Å². The van der Waals surface area contributed by atoms with Gasteiger partial charge in [-0.1, -0.05) is 48.5 Å². The van der Waals surface area contributed by atoms with E-state index >= 15 is 0 Å². The number of rotatable bonds is 8. The number of ether oxygens (including phenoxy) is 1. The van der Waals surface area contributed by atoms with Crippen LogP contribution in [0.5, 0.6) is 0 Å². The third-order valence-corrected chi connectivity index (χ3v) is 8.41. The quantitative estimate of drug-likeness (QED) is 0.230. The number of nitrogens with one attached hydrogen (secondary N) is 2. The fourth-order valence-electron chi connectivity index (χ4n) is 4.98. The zero-order valence-corrected chi connectivity index (χ0v) is 22.2. The number of nitrogens with two attached hydrogens (primary N) is 1. The van der Waals surface area contributed by atoms with Crippen LogP contribution in [-0.2, 0) is 30.8 Å². The summed E-state index contributed by atoms with van der Waals surface area (Å²) in [7, 11) is -2.85. The second kappa shape index (κ2) is 11.3. The molecular formula is C28H32N4O5S. The highest BCUT2D eigenvalue weighted by Gasteiger charge is 2.40. The third kappa shape index (κ3) is 5.87. The van der Waals surface area contributed by atoms with E-state index in [9.17, 15) is 18.0 Å². The van der Waals surface area contributed by atoms with Crippen molar-refractivity contribution in [3.05, 3.63) is 77.9 Å². The Morgan fingerprint density at radius 2 is 1.82 bits per heavy atom. The van der Waals surface area contributed by atoms with Crippen molar-refractivity contribution in [2.45, 2.75) is 55.6 Å². The van der Waals surface area contributed by atoms with Gasteiger partial charge in [-0.2, -0.15) is 4.72 Å². The number of esters is 1. The van der Waals surface area contributed by atoms with Crippen LogP contribution >= 0.6 is 0 Å². The Labute approximate surface area is 222 Å². The van der Waals surface area contributed by atoms with Crippen LogP contribution in [0, 0.1) is 5.41 Å². The van der Waals surface area contributed by atoms with E-state index < -0.39 is 34.0 Å². The first-order valence-corrected chi connectivity index (χ1v) is 13.9. The van der Waals surface area contributed by atoms with Crippen LogP contribution in [0.1, 0.15) is 37.3 Å². The molecule has 0 bridgehead atoms. The SMILES string of the molecule is COC(=O)C1CCCC(C)N1C(=O)C(Cc1cccc(C(=N)N)c1)NS(=O)(=O)c1ccc2ccccc2c1. The van der Waals surface area contributed by atoms with Crippen LogP contribution in [0.15, 0.2) is 71.6 Å². The second-order valence-corrected chi connectivity index (χ2v) is 11.3. The Morgan fingerprint density at radius 1 is 1.08 bits per heavy atom. The summed E-state index contributed by atoms with van der Waals surface area (Å²) in [6.45, 7) is 1.85. The zero-order valence-electron chi connectivity index (χ0n) is 21.4. The summed E-state index contributed by atoms with van der Waals surface area (Å²) >= 11 is 0. The highest BCUT2D eigenvalue weighted by atomic mass is 32.2. The number of hydrogen-bond acceptors (Lipinski definition) is 6. The van der Waals surface area contributed by atoms with Crippen molar-refractivity contribution >= 4 is 38.5 Å². The van der Waals surface area contributed by atoms with Gasteiger partial charge in [0, 0.05) is 11.6 Å². The molecule has 3 aromatic rings. The second-order valence-electron chi connectivity index (χ2n) is 9.57. The number of nitrogen functional groups attached to an aromatic ring is 1. The van der Waals surface area contributed by atoms with Gasteiger partial charge in [0.1, 0.15) is 17.9 Å². The molecule has 1 amide bonds. The average Bonchev–Trinajstić information content (AvgIpc) is 2.91. The molecule has 3 atom stereocenters. The van der Waals surface area contributed by atoms with Crippen LogP contribution in [0.4, 0.5) is 0 Å². The number of nitrogens with zero attached hydrogens (tertiary/aromatic N) is 1. The molecule has 1 aliphatic heterocycles. The summed E-state index contributed by atoms with van der Waals surface area (Å²) in [5.74, 6) is -1.17. The number of carbonyl (C=O) groups excluding carboxylic acids is 2. The number of hydrogen-bond donors (Lipinski definition) is 3. The number of amides is 1. The van der Waals surface area contributed by atoms with Gasteiger partial charge < -0.3 is 15.4 Å². The van der Waals surface area contributed by atoms with E-state index in [1.165, 1.54) is 18.1 Å². The van der Waals surface area contributed by atoms with Crippen molar-refractivity contribution in [1.82, 2.24) is 9.62 Å². The van der Waals surface area contributed by atoms with E-state index in [0.717, 1.165) is 17.2 Å². The predicted octanol–water partition coefficient (Wildman–Crippen LogP) is 2.96. The number of methoxy groups -OCH3 is 1. The largest absolute Gasteiger partial charge is 0.467 e. The molecule has 3 aromatic carbocycles. The number of piperidine rings is 1. The molecule has 3 unspecified atom stereocenters. The molecule has 1 aliphatic rings. The lowest BCUT2D eigenvalue weighted by molar-refractivity contribution is -0.157. The lowest BCUT2D eigenvalue weighted by Gasteiger charge is -2.41. The Kier molecular flexibility index (Phi) is 8.13. The summed E-state index contributed by atoms with van der Waals surface area (Å²) in [5.41, 5.74) is 6.73. The molecule has 0 aliphatic carbocycles. The molecule has 4 rings (SSSR count). The molecule has 200 valence electrons. The Balaban J connectivity index is 1.72. The molecular weight excluding hydrogens is 504 g/mol. The van der Waals surface area contributed by atoms with E-state index in [1.54, 1.807) is 36.4 Å². The Morgan fingerprint density at radius 3 is 2.53 bits per heavy atom. The van der Waals surface area contributed by atoms with E-state index in [2.05, 4.69) is 4.72 Å². The number of carbonyl (C=O) groups is 2. The molecule has 1 fully saturated rings. The van der Waals surface area contributed by atoms with Crippen LogP contribution < -0.4 is 10.5 Å². The van der Waals surface area contributed by atoms with Gasteiger partial charge in [0.25, 0.3) is 0 Å². The van der Waals surface area contributed by atoms with Crippen LogP contribution in [0.25, 0.3) is 10.8 Å². The maximum Gasteiger partial charge on any atom is 0.328 e. The van der Waals surface area contributed by atoms with Gasteiger partial charge in [0.05, 0.1) is 12.0 Å². The highest BCUT2D eigenvalue weighted by Crippen LogP contribution is 2.26. The van der Waals surface area contributed by atoms with Crippen LogP contribution in [0.3, 0.4) is 0 Å². The number of likely N-dealkylation sites (tertiary alicyclic amines) is 1. The van der Waals surface area contributed by atoms with E-state index in [-0.39, 0.29) is 23.2 Å². The van der Waals surface area contributed by atoms with E-state index in [1.807, 2.05) is 31.2 Å². The minimum absolute atomic E-state index is 0.00385. The van der Waals surface area contributed by atoms with Crippen molar-refractivity contribution in [2.24, 2.45) is 5.73 Å². The number of benzene rings is 3. The number of sulfonamides is 1. The lowest BCUT2D eigenvalue weighted by atomic mass is 9.94. The van der Waals surface area contributed by atoms with Gasteiger partial charge in [0.15, 0.2) is 0 Å². The highest BCUT2D eigenvalue weighted by molar-refractivity contribution is 7.89. The molecule has 0 radical (unpaired) electrons. The monoisotopic (exact) mass is 536 g/mol. The van der Waals surface area contributed by atoms with Gasteiger partial charge in [0.2, 0.25) is 15.9 Å². The predicted molar refractivity (Wildman–Crippen MR) is 145 cm³/mol. The number of amidine groups is 1. The molecule has 0 aromatic heterocycles. The van der Waals surface area contributed by atoms with Gasteiger partial charge in [-0.15, -0.1) is 0 Å². The maximum absolute atomic E-state index is 14.0. The van der Waals surface area contributed by atoms with Crippen molar-refractivity contribution in [3.8, 4) is 0 Å². The first-order chi connectivity index (χ1) is 18.1. The lowest BCUT2D eigenvalue weighted by Crippen LogP contribution is -2.59. The smallest absolute Gasteiger partial charge is 0.328 e. The van der Waals surface area contributed by atoms with Gasteiger partial charge in [-0.05, 0) is 67.1 Å². The normalized spacial score (nSPS) is 18.6. The topological polar surface area (TPSA) is 143 Å². The Hall–Kier alpha value is -3.76. The first kappa shape index (κ1) is 27.3.